The van der Waals surface area contributed by atoms with Crippen LogP contribution in [0.5, 0.6) is 0 Å². The summed E-state index contributed by atoms with van der Waals surface area (Å²) in [5, 5.41) is 7.38. The summed E-state index contributed by atoms with van der Waals surface area (Å²) < 4.78 is 56.7. The minimum absolute atomic E-state index is 0.00403. The summed E-state index contributed by atoms with van der Waals surface area (Å²) in [6, 6.07) is 24.6. The van der Waals surface area contributed by atoms with Gasteiger partial charge in [0, 0.05) is 43.1 Å². The summed E-state index contributed by atoms with van der Waals surface area (Å²) in [6.45, 7) is 30.3. The average molecular weight is 1080 g/mol. The molecule has 4 fully saturated rings. The van der Waals surface area contributed by atoms with Gasteiger partial charge in [-0.2, -0.15) is 5.10 Å². The molecule has 2 heterocycles. The Hall–Kier alpha value is -3.80. The van der Waals surface area contributed by atoms with E-state index in [1.807, 2.05) is 86.7 Å². The van der Waals surface area contributed by atoms with Crippen LogP contribution in [0, 0.1) is 28.6 Å². The molecule has 408 valence electrons. The largest absolute Gasteiger partial charge is 0.455 e. The van der Waals surface area contributed by atoms with Crippen molar-refractivity contribution < 1.29 is 41.5 Å². The molecule has 2 unspecified atom stereocenters. The maximum absolute atomic E-state index is 13.8. The zero-order valence-electron chi connectivity index (χ0n) is 46.7. The molecule has 0 aliphatic heterocycles. The molecule has 2 aromatic heterocycles. The Kier molecular flexibility index (Phi) is 16.6. The second-order valence-electron chi connectivity index (χ2n) is 26.5. The Balaban J connectivity index is 1.01. The van der Waals surface area contributed by atoms with Crippen LogP contribution in [0.15, 0.2) is 79.0 Å². The fourth-order valence-electron chi connectivity index (χ4n) is 13.3. The van der Waals surface area contributed by atoms with Gasteiger partial charge in [0.25, 0.3) is 8.32 Å². The van der Waals surface area contributed by atoms with Crippen molar-refractivity contribution >= 4 is 53.2 Å². The average Bonchev–Trinajstić information content (AvgIpc) is 3.61. The van der Waals surface area contributed by atoms with Crippen LogP contribution >= 0.6 is 22.5 Å². The number of benzene rings is 2. The summed E-state index contributed by atoms with van der Waals surface area (Å²) in [6.07, 6.45) is 7.73. The van der Waals surface area contributed by atoms with Crippen molar-refractivity contribution in [3.8, 4) is 11.1 Å². The highest BCUT2D eigenvalue weighted by Crippen LogP contribution is 2.72. The van der Waals surface area contributed by atoms with Gasteiger partial charge in [0.1, 0.15) is 16.4 Å². The van der Waals surface area contributed by atoms with Crippen LogP contribution in [0.1, 0.15) is 151 Å². The van der Waals surface area contributed by atoms with Crippen LogP contribution in [0.4, 0.5) is 4.79 Å². The van der Waals surface area contributed by atoms with Gasteiger partial charge in [-0.15, -0.1) is 0 Å². The van der Waals surface area contributed by atoms with Crippen molar-refractivity contribution in [2.45, 2.75) is 170 Å². The van der Waals surface area contributed by atoms with Gasteiger partial charge in [-0.1, -0.05) is 121 Å². The van der Waals surface area contributed by atoms with E-state index in [-0.39, 0.29) is 64.2 Å². The van der Waals surface area contributed by atoms with Crippen molar-refractivity contribution in [3.05, 3.63) is 95.5 Å². The molecule has 1 amide bonds. The summed E-state index contributed by atoms with van der Waals surface area (Å²) >= 11 is 6.31. The number of amides is 1. The summed E-state index contributed by atoms with van der Waals surface area (Å²) in [4.78, 5) is 33.2. The highest BCUT2D eigenvalue weighted by atomic mass is 35.5. The number of halogens is 1. The van der Waals surface area contributed by atoms with E-state index >= 15 is 0 Å². The standard InChI is InChI=1S/C58H85ClN4O9SSi/c1-42-46(45-25-26-47(59)61-48(45)49(64)71-51(2,3)4)33-60-63(42)40-57-35-55(13)34-56(14,36-57)38-58(37-55,39-57)68-31-28-62(50(65)72-52(5,6)7)29-32-73(66,67)69-41-54(11,12)27-30-70-74(53(8,9)10,43-21-17-15-18-22-43)44-23-19-16-20-24-44/h15-26,33,66-67H,27-32,34-41H2,1-14H3. The van der Waals surface area contributed by atoms with Crippen LogP contribution in [0.3, 0.4) is 0 Å². The van der Waals surface area contributed by atoms with Gasteiger partial charge in [-0.05, 0) is 143 Å². The van der Waals surface area contributed by atoms with Crippen LogP contribution in [0.2, 0.25) is 10.2 Å². The number of pyridine rings is 1. The van der Waals surface area contributed by atoms with Gasteiger partial charge >= 0.3 is 12.1 Å². The van der Waals surface area contributed by atoms with Gasteiger partial charge in [0.2, 0.25) is 0 Å². The molecular weight excluding hydrogens is 992 g/mol. The quantitative estimate of drug-likeness (QED) is 0.0494. The van der Waals surface area contributed by atoms with Gasteiger partial charge in [-0.3, -0.25) is 8.86 Å². The lowest BCUT2D eigenvalue weighted by Crippen LogP contribution is -2.66. The molecule has 74 heavy (non-hydrogen) atoms. The van der Waals surface area contributed by atoms with E-state index in [1.54, 1.807) is 6.07 Å². The molecule has 8 rings (SSSR count). The van der Waals surface area contributed by atoms with Gasteiger partial charge in [0.05, 0.1) is 41.6 Å². The number of ether oxygens (including phenoxy) is 3. The van der Waals surface area contributed by atoms with Crippen molar-refractivity contribution in [2.24, 2.45) is 21.7 Å². The summed E-state index contributed by atoms with van der Waals surface area (Å²) in [5.41, 5.74) is 0.0994. The third-order valence-corrected chi connectivity index (χ3v) is 21.6. The molecule has 2 N–H and O–H groups in total. The van der Waals surface area contributed by atoms with E-state index in [9.17, 15) is 18.7 Å². The number of esters is 1. The number of aromatic nitrogens is 3. The van der Waals surface area contributed by atoms with E-state index in [0.29, 0.717) is 25.1 Å². The first-order valence-electron chi connectivity index (χ1n) is 26.4. The number of rotatable bonds is 20. The molecule has 4 aliphatic rings. The molecule has 4 aromatic rings. The lowest BCUT2D eigenvalue weighted by atomic mass is 9.39. The Bertz CT molecular complexity index is 2550. The molecule has 2 atom stereocenters. The minimum atomic E-state index is -3.56. The number of hydrogen-bond acceptors (Lipinski definition) is 11. The SMILES string of the molecule is Cc1c(-c2ccc(Cl)nc2C(=O)OC(C)(C)C)cnn1CC12CC3(C)CC(C)(C1)CC(OCCN(CCS(O)(O)OCC(C)(C)CCO[Si](c1ccccc1)(c1ccccc1)C(C)(C)C)C(=O)OC(C)(C)C)(C3)C2. The van der Waals surface area contributed by atoms with Crippen LogP contribution in [-0.4, -0.2) is 105 Å². The fourth-order valence-corrected chi connectivity index (χ4v) is 19.1. The zero-order valence-corrected chi connectivity index (χ0v) is 49.3. The minimum Gasteiger partial charge on any atom is -0.455 e. The first kappa shape index (κ1) is 57.9. The summed E-state index contributed by atoms with van der Waals surface area (Å²) in [5.74, 6) is -0.721. The Morgan fingerprint density at radius 1 is 0.757 bits per heavy atom. The smallest absolute Gasteiger partial charge is 0.410 e. The molecule has 4 aliphatic carbocycles. The van der Waals surface area contributed by atoms with Crippen LogP contribution < -0.4 is 10.4 Å². The zero-order chi connectivity index (χ0) is 54.4. The normalized spacial score (nSPS) is 23.5. The number of hydrogen-bond donors (Lipinski definition) is 2. The molecule has 16 heteroatoms. The maximum Gasteiger partial charge on any atom is 0.410 e. The molecule has 0 saturated heterocycles. The van der Waals surface area contributed by atoms with E-state index in [1.165, 1.54) is 15.3 Å². The molecule has 4 saturated carbocycles. The number of carbonyl (C=O) groups excluding carboxylic acids is 2. The first-order valence-corrected chi connectivity index (χ1v) is 30.3. The topological polar surface area (TPSA) is 155 Å². The molecule has 0 spiro atoms. The van der Waals surface area contributed by atoms with Crippen molar-refractivity contribution in [1.29, 1.82) is 0 Å². The Morgan fingerprint density at radius 3 is 1.89 bits per heavy atom. The third-order valence-electron chi connectivity index (χ3n) is 15.2. The lowest BCUT2D eigenvalue weighted by Gasteiger charge is -2.69. The predicted octanol–water partition coefficient (Wildman–Crippen LogP) is 12.9. The Labute approximate surface area is 449 Å². The van der Waals surface area contributed by atoms with Crippen molar-refractivity contribution in [1.82, 2.24) is 19.7 Å². The monoisotopic (exact) mass is 1080 g/mol. The van der Waals surface area contributed by atoms with Crippen molar-refractivity contribution in [2.75, 3.05) is 38.7 Å². The van der Waals surface area contributed by atoms with Crippen LogP contribution in [0.25, 0.3) is 11.1 Å². The highest BCUT2D eigenvalue weighted by molar-refractivity contribution is 8.20. The molecule has 13 nitrogen and oxygen atoms in total. The molecule has 2 aromatic carbocycles. The van der Waals surface area contributed by atoms with Gasteiger partial charge in [0.15, 0.2) is 5.69 Å². The Morgan fingerprint density at radius 2 is 1.34 bits per heavy atom. The van der Waals surface area contributed by atoms with E-state index in [0.717, 1.165) is 49.8 Å². The fraction of sp³-hybridized carbons (Fsp3) is 0.621. The molecule has 0 radical (unpaired) electrons. The van der Waals surface area contributed by atoms with Gasteiger partial charge < -0.3 is 32.6 Å². The second-order valence-corrected chi connectivity index (χ2v) is 33.1. The first-order chi connectivity index (χ1) is 34.2. The van der Waals surface area contributed by atoms with Gasteiger partial charge in [-0.25, -0.2) is 14.6 Å². The molecule has 4 bridgehead atoms. The second kappa shape index (κ2) is 21.2. The third kappa shape index (κ3) is 13.7. The molecular formula is C58H85ClN4O9SSi. The maximum atomic E-state index is 13.8. The van der Waals surface area contributed by atoms with E-state index in [2.05, 4.69) is 92.8 Å². The number of nitrogens with zero attached hydrogens (tertiary/aromatic N) is 4. The summed E-state index contributed by atoms with van der Waals surface area (Å²) in [7, 11) is -6.32. The van der Waals surface area contributed by atoms with E-state index in [4.69, 9.17) is 39.5 Å². The highest BCUT2D eigenvalue weighted by Gasteiger charge is 2.66. The van der Waals surface area contributed by atoms with Crippen molar-refractivity contribution in [3.63, 3.8) is 0 Å². The van der Waals surface area contributed by atoms with Crippen LogP contribution in [-0.2, 0) is 29.4 Å². The number of carbonyl (C=O) groups is 2. The lowest BCUT2D eigenvalue weighted by molar-refractivity contribution is -0.248. The van der Waals surface area contributed by atoms with E-state index < -0.39 is 53.5 Å². The predicted molar refractivity (Wildman–Crippen MR) is 299 cm³/mol.